The van der Waals surface area contributed by atoms with Crippen LogP contribution in [0.4, 0.5) is 0 Å². The van der Waals surface area contributed by atoms with Gasteiger partial charge in [-0.05, 0) is 18.6 Å². The summed E-state index contributed by atoms with van der Waals surface area (Å²) in [5.74, 6) is 0.788. The Labute approximate surface area is 122 Å². The molecule has 3 rings (SSSR count). The predicted molar refractivity (Wildman–Crippen MR) is 81.8 cm³/mol. The molecule has 0 spiro atoms. The maximum absolute atomic E-state index is 6.09. The molecule has 4 heteroatoms. The zero-order chi connectivity index (χ0) is 13.9. The zero-order valence-electron chi connectivity index (χ0n) is 11.2. The van der Waals surface area contributed by atoms with Crippen molar-refractivity contribution in [1.29, 1.82) is 0 Å². The van der Waals surface area contributed by atoms with Crippen LogP contribution in [0.25, 0.3) is 22.2 Å². The molecule has 2 aromatic heterocycles. The third-order valence-corrected chi connectivity index (χ3v) is 3.31. The molecule has 0 amide bonds. The minimum absolute atomic E-state index is 0.486. The molecule has 3 aromatic rings. The molecule has 0 aliphatic rings. The number of hydrogen-bond acceptors (Lipinski definition) is 3. The minimum atomic E-state index is 0.486. The lowest BCUT2D eigenvalue weighted by Crippen LogP contribution is -1.97. The van der Waals surface area contributed by atoms with Gasteiger partial charge in [0.05, 0.1) is 11.2 Å². The van der Waals surface area contributed by atoms with Gasteiger partial charge in [0.25, 0.3) is 0 Å². The van der Waals surface area contributed by atoms with Crippen molar-refractivity contribution in [3.8, 4) is 11.3 Å². The largest absolute Gasteiger partial charge is 0.256 e. The summed E-state index contributed by atoms with van der Waals surface area (Å²) in [5.41, 5.74) is 2.82. The summed E-state index contributed by atoms with van der Waals surface area (Å²) < 4.78 is 0. The summed E-state index contributed by atoms with van der Waals surface area (Å²) in [6.07, 6.45) is 3.63. The molecule has 0 N–H and O–H groups in total. The zero-order valence-corrected chi connectivity index (χ0v) is 11.9. The van der Waals surface area contributed by atoms with E-state index in [-0.39, 0.29) is 0 Å². The van der Waals surface area contributed by atoms with Crippen molar-refractivity contribution in [2.75, 3.05) is 0 Å². The molecule has 0 fully saturated rings. The normalized spacial score (nSPS) is 10.9. The number of benzene rings is 1. The van der Waals surface area contributed by atoms with E-state index in [1.165, 1.54) is 0 Å². The van der Waals surface area contributed by atoms with Crippen LogP contribution >= 0.6 is 11.6 Å². The summed E-state index contributed by atoms with van der Waals surface area (Å²) in [5, 5.41) is 1.60. The Morgan fingerprint density at radius 3 is 2.85 bits per heavy atom. The Bertz CT molecular complexity index is 756. The lowest BCUT2D eigenvalue weighted by atomic mass is 10.1. The second-order valence-corrected chi connectivity index (χ2v) is 5.04. The van der Waals surface area contributed by atoms with Crippen molar-refractivity contribution < 1.29 is 0 Å². The summed E-state index contributed by atoms with van der Waals surface area (Å²) in [6, 6.07) is 11.9. The van der Waals surface area contributed by atoms with Gasteiger partial charge in [0.15, 0.2) is 0 Å². The van der Waals surface area contributed by atoms with E-state index in [1.54, 1.807) is 12.3 Å². The summed E-state index contributed by atoms with van der Waals surface area (Å²) in [6.45, 7) is 2.10. The second-order valence-electron chi connectivity index (χ2n) is 4.65. The first-order valence-corrected chi connectivity index (χ1v) is 7.02. The van der Waals surface area contributed by atoms with Crippen LogP contribution in [0, 0.1) is 0 Å². The lowest BCUT2D eigenvalue weighted by molar-refractivity contribution is 0.836. The van der Waals surface area contributed by atoms with Gasteiger partial charge in [0.1, 0.15) is 11.0 Å². The summed E-state index contributed by atoms with van der Waals surface area (Å²) in [7, 11) is 0. The topological polar surface area (TPSA) is 38.7 Å². The number of halogens is 1. The van der Waals surface area contributed by atoms with Gasteiger partial charge in [-0.3, -0.25) is 4.98 Å². The van der Waals surface area contributed by atoms with E-state index in [4.69, 9.17) is 11.6 Å². The van der Waals surface area contributed by atoms with Crippen molar-refractivity contribution in [3.63, 3.8) is 0 Å². The molecule has 0 bridgehead atoms. The van der Waals surface area contributed by atoms with E-state index < -0.39 is 0 Å². The second kappa shape index (κ2) is 5.55. The molecule has 3 nitrogen and oxygen atoms in total. The third kappa shape index (κ3) is 2.63. The van der Waals surface area contributed by atoms with Gasteiger partial charge in [0, 0.05) is 29.6 Å². The maximum atomic E-state index is 6.09. The number of aryl methyl sites for hydroxylation is 1. The predicted octanol–water partition coefficient (Wildman–Crippen LogP) is 4.30. The molecule has 100 valence electrons. The fourth-order valence-electron chi connectivity index (χ4n) is 2.17. The van der Waals surface area contributed by atoms with Crippen LogP contribution in [0.15, 0.2) is 42.6 Å². The highest BCUT2D eigenvalue weighted by Crippen LogP contribution is 2.23. The number of hydrogen-bond donors (Lipinski definition) is 0. The van der Waals surface area contributed by atoms with Crippen molar-refractivity contribution in [2.24, 2.45) is 0 Å². The van der Waals surface area contributed by atoms with Gasteiger partial charge in [-0.2, -0.15) is 0 Å². The van der Waals surface area contributed by atoms with E-state index in [1.807, 2.05) is 30.3 Å². The van der Waals surface area contributed by atoms with E-state index in [0.717, 1.165) is 40.8 Å². The van der Waals surface area contributed by atoms with Crippen LogP contribution in [0.5, 0.6) is 0 Å². The average molecular weight is 284 g/mol. The van der Waals surface area contributed by atoms with Crippen LogP contribution in [0.1, 0.15) is 19.2 Å². The number of rotatable bonds is 3. The molecular formula is C16H14ClN3. The van der Waals surface area contributed by atoms with E-state index in [9.17, 15) is 0 Å². The Morgan fingerprint density at radius 1 is 1.10 bits per heavy atom. The lowest BCUT2D eigenvalue weighted by Gasteiger charge is -2.06. The first-order valence-electron chi connectivity index (χ1n) is 6.65. The SMILES string of the molecule is CCCc1nc(Cl)cc(-c2ccc3cccnc3c2)n1. The van der Waals surface area contributed by atoms with Crippen LogP contribution in [0.2, 0.25) is 5.15 Å². The molecule has 0 radical (unpaired) electrons. The van der Waals surface area contributed by atoms with Gasteiger partial charge in [-0.1, -0.05) is 36.7 Å². The van der Waals surface area contributed by atoms with Gasteiger partial charge in [0.2, 0.25) is 0 Å². The van der Waals surface area contributed by atoms with E-state index in [2.05, 4.69) is 21.9 Å². The monoisotopic (exact) mass is 283 g/mol. The van der Waals surface area contributed by atoms with Gasteiger partial charge in [-0.25, -0.2) is 9.97 Å². The fourth-order valence-corrected chi connectivity index (χ4v) is 2.37. The first kappa shape index (κ1) is 13.0. The number of fused-ring (bicyclic) bond motifs is 1. The van der Waals surface area contributed by atoms with Crippen molar-refractivity contribution >= 4 is 22.5 Å². The molecule has 0 saturated heterocycles. The Balaban J connectivity index is 2.10. The molecule has 0 unspecified atom stereocenters. The highest BCUT2D eigenvalue weighted by Gasteiger charge is 2.06. The molecule has 0 aliphatic carbocycles. The molecule has 0 atom stereocenters. The first-order chi connectivity index (χ1) is 9.76. The quantitative estimate of drug-likeness (QED) is 0.673. The van der Waals surface area contributed by atoms with Crippen LogP contribution in [-0.4, -0.2) is 15.0 Å². The summed E-state index contributed by atoms with van der Waals surface area (Å²) >= 11 is 6.09. The molecule has 1 aromatic carbocycles. The average Bonchev–Trinajstić information content (AvgIpc) is 2.46. The van der Waals surface area contributed by atoms with Crippen molar-refractivity contribution in [3.05, 3.63) is 53.6 Å². The van der Waals surface area contributed by atoms with E-state index >= 15 is 0 Å². The standard InChI is InChI=1S/C16H14ClN3/c1-2-4-16-19-14(10-15(17)20-16)12-7-6-11-5-3-8-18-13(11)9-12/h3,5-10H,2,4H2,1H3. The van der Waals surface area contributed by atoms with Crippen LogP contribution < -0.4 is 0 Å². The highest BCUT2D eigenvalue weighted by molar-refractivity contribution is 6.29. The maximum Gasteiger partial charge on any atom is 0.133 e. The molecule has 0 saturated carbocycles. The Kier molecular flexibility index (Phi) is 3.61. The number of nitrogens with zero attached hydrogens (tertiary/aromatic N) is 3. The molecule has 0 aliphatic heterocycles. The highest BCUT2D eigenvalue weighted by atomic mass is 35.5. The van der Waals surface area contributed by atoms with Crippen molar-refractivity contribution in [2.45, 2.75) is 19.8 Å². The number of aromatic nitrogens is 3. The summed E-state index contributed by atoms with van der Waals surface area (Å²) in [4.78, 5) is 13.2. The van der Waals surface area contributed by atoms with Gasteiger partial charge >= 0.3 is 0 Å². The smallest absolute Gasteiger partial charge is 0.133 e. The van der Waals surface area contributed by atoms with Gasteiger partial charge in [-0.15, -0.1) is 0 Å². The number of pyridine rings is 1. The molecular weight excluding hydrogens is 270 g/mol. The third-order valence-electron chi connectivity index (χ3n) is 3.12. The van der Waals surface area contributed by atoms with E-state index in [0.29, 0.717) is 5.15 Å². The Hall–Kier alpha value is -2.00. The Morgan fingerprint density at radius 2 is 2.00 bits per heavy atom. The van der Waals surface area contributed by atoms with Crippen LogP contribution in [0.3, 0.4) is 0 Å². The minimum Gasteiger partial charge on any atom is -0.256 e. The van der Waals surface area contributed by atoms with Crippen LogP contribution in [-0.2, 0) is 6.42 Å². The molecule has 20 heavy (non-hydrogen) atoms. The van der Waals surface area contributed by atoms with Crippen molar-refractivity contribution in [1.82, 2.24) is 15.0 Å². The van der Waals surface area contributed by atoms with Gasteiger partial charge < -0.3 is 0 Å². The fraction of sp³-hybridized carbons (Fsp3) is 0.188. The molecule has 2 heterocycles.